The van der Waals surface area contributed by atoms with Crippen LogP contribution in [0.4, 0.5) is 0 Å². The highest BCUT2D eigenvalue weighted by Crippen LogP contribution is 2.25. The van der Waals surface area contributed by atoms with E-state index >= 15 is 0 Å². The van der Waals surface area contributed by atoms with Crippen LogP contribution in [0.5, 0.6) is 11.5 Å². The van der Waals surface area contributed by atoms with Crippen LogP contribution in [0.2, 0.25) is 0 Å². The molecule has 3 aromatic carbocycles. The summed E-state index contributed by atoms with van der Waals surface area (Å²) >= 11 is 0. The fourth-order valence-electron chi connectivity index (χ4n) is 3.03. The van der Waals surface area contributed by atoms with Crippen molar-refractivity contribution in [2.75, 3.05) is 6.61 Å². The number of hydrogen-bond acceptors (Lipinski definition) is 6. The van der Waals surface area contributed by atoms with Gasteiger partial charge in [0.15, 0.2) is 0 Å². The summed E-state index contributed by atoms with van der Waals surface area (Å²) in [6.45, 7) is 7.00. The lowest BCUT2D eigenvalue weighted by Gasteiger charge is -2.06. The number of carbonyl (C=O) groups excluding carboxylic acids is 3. The first-order chi connectivity index (χ1) is 17.0. The lowest BCUT2D eigenvalue weighted by molar-refractivity contribution is -0.137. The normalized spacial score (nSPS) is 10.4. The number of carbonyl (C=O) groups is 3. The molecular formula is C29H24O6. The molecule has 3 aromatic rings. The first-order valence-corrected chi connectivity index (χ1v) is 10.8. The van der Waals surface area contributed by atoms with Crippen molar-refractivity contribution in [2.24, 2.45) is 0 Å². The van der Waals surface area contributed by atoms with Crippen molar-refractivity contribution < 1.29 is 28.6 Å². The molecule has 0 saturated carbocycles. The summed E-state index contributed by atoms with van der Waals surface area (Å²) in [5, 5.41) is 0. The second kappa shape index (κ2) is 12.5. The summed E-state index contributed by atoms with van der Waals surface area (Å²) in [5.41, 5.74) is 3.69. The van der Waals surface area contributed by atoms with Gasteiger partial charge in [0.1, 0.15) is 11.5 Å². The van der Waals surface area contributed by atoms with Gasteiger partial charge < -0.3 is 14.2 Å². The van der Waals surface area contributed by atoms with E-state index in [1.54, 1.807) is 30.3 Å². The van der Waals surface area contributed by atoms with E-state index in [0.717, 1.165) is 34.4 Å². The molecule has 0 N–H and O–H groups in total. The van der Waals surface area contributed by atoms with Gasteiger partial charge in [-0.2, -0.15) is 0 Å². The summed E-state index contributed by atoms with van der Waals surface area (Å²) < 4.78 is 15.4. The van der Waals surface area contributed by atoms with E-state index in [1.165, 1.54) is 6.08 Å². The molecule has 35 heavy (non-hydrogen) atoms. The van der Waals surface area contributed by atoms with Crippen LogP contribution in [0.25, 0.3) is 17.2 Å². The molecule has 0 fully saturated rings. The summed E-state index contributed by atoms with van der Waals surface area (Å²) in [6, 6.07) is 21.7. The first kappa shape index (κ1) is 24.9. The van der Waals surface area contributed by atoms with Crippen LogP contribution in [0.1, 0.15) is 11.1 Å². The SMILES string of the molecule is C=CC(=O)OCCc1ccc(/C=C/C(=O)Oc2ccc(-c3ccc(OC(=O)C=C)cc3)cc2)cc1. The maximum Gasteiger partial charge on any atom is 0.336 e. The smallest absolute Gasteiger partial charge is 0.336 e. The molecule has 0 spiro atoms. The minimum absolute atomic E-state index is 0.279. The third-order valence-corrected chi connectivity index (χ3v) is 4.84. The lowest BCUT2D eigenvalue weighted by atomic mass is 10.1. The lowest BCUT2D eigenvalue weighted by Crippen LogP contribution is -2.04. The third-order valence-electron chi connectivity index (χ3n) is 4.84. The largest absolute Gasteiger partial charge is 0.462 e. The van der Waals surface area contributed by atoms with Gasteiger partial charge in [0.25, 0.3) is 0 Å². The Hall–Kier alpha value is -4.71. The predicted molar refractivity (Wildman–Crippen MR) is 134 cm³/mol. The van der Waals surface area contributed by atoms with E-state index < -0.39 is 17.9 Å². The zero-order chi connectivity index (χ0) is 25.0. The van der Waals surface area contributed by atoms with E-state index in [9.17, 15) is 14.4 Å². The van der Waals surface area contributed by atoms with Crippen molar-refractivity contribution in [3.8, 4) is 22.6 Å². The van der Waals surface area contributed by atoms with E-state index in [-0.39, 0.29) is 6.61 Å². The second-order valence-electron chi connectivity index (χ2n) is 7.29. The highest BCUT2D eigenvalue weighted by Gasteiger charge is 2.05. The van der Waals surface area contributed by atoms with Crippen molar-refractivity contribution in [1.82, 2.24) is 0 Å². The molecule has 3 rings (SSSR count). The predicted octanol–water partition coefficient (Wildman–Crippen LogP) is 5.34. The molecule has 0 saturated heterocycles. The van der Waals surface area contributed by atoms with Gasteiger partial charge in [0.2, 0.25) is 0 Å². The van der Waals surface area contributed by atoms with Crippen molar-refractivity contribution in [1.29, 1.82) is 0 Å². The molecule has 0 heterocycles. The summed E-state index contributed by atoms with van der Waals surface area (Å²) in [4.78, 5) is 34.5. The van der Waals surface area contributed by atoms with Gasteiger partial charge in [0, 0.05) is 24.6 Å². The maximum atomic E-state index is 12.2. The van der Waals surface area contributed by atoms with Crippen LogP contribution in [-0.4, -0.2) is 24.5 Å². The molecule has 0 atom stereocenters. The summed E-state index contributed by atoms with van der Waals surface area (Å²) in [7, 11) is 0. The van der Waals surface area contributed by atoms with E-state index in [4.69, 9.17) is 14.2 Å². The molecule has 6 nitrogen and oxygen atoms in total. The number of hydrogen-bond donors (Lipinski definition) is 0. The van der Waals surface area contributed by atoms with E-state index in [2.05, 4.69) is 13.2 Å². The molecule has 0 aromatic heterocycles. The number of rotatable bonds is 10. The Labute approximate surface area is 203 Å². The zero-order valence-electron chi connectivity index (χ0n) is 19.0. The minimum Gasteiger partial charge on any atom is -0.462 e. The topological polar surface area (TPSA) is 78.9 Å². The van der Waals surface area contributed by atoms with Gasteiger partial charge in [-0.05, 0) is 52.6 Å². The molecule has 176 valence electrons. The quantitative estimate of drug-likeness (QED) is 0.227. The Bertz CT molecular complexity index is 1220. The van der Waals surface area contributed by atoms with Gasteiger partial charge in [-0.1, -0.05) is 61.7 Å². The molecule has 0 aliphatic carbocycles. The number of benzene rings is 3. The standard InChI is InChI=1S/C29H24O6/c1-3-27(30)33-20-19-22-7-5-21(6-8-22)9-18-29(32)35-26-16-12-24(13-17-26)23-10-14-25(15-11-23)34-28(31)4-2/h3-18H,1-2,19-20H2/b18-9+. The molecule has 0 amide bonds. The van der Waals surface area contributed by atoms with Crippen LogP contribution >= 0.6 is 0 Å². The second-order valence-corrected chi connectivity index (χ2v) is 7.29. The van der Waals surface area contributed by atoms with Crippen LogP contribution in [0.15, 0.2) is 104 Å². The van der Waals surface area contributed by atoms with Gasteiger partial charge in [-0.15, -0.1) is 0 Å². The fourth-order valence-corrected chi connectivity index (χ4v) is 3.03. The Morgan fingerprint density at radius 3 is 1.69 bits per heavy atom. The first-order valence-electron chi connectivity index (χ1n) is 10.8. The highest BCUT2D eigenvalue weighted by atomic mass is 16.5. The minimum atomic E-state index is -0.515. The Kier molecular flexibility index (Phi) is 8.91. The molecule has 0 aliphatic rings. The molecule has 6 heteroatoms. The Balaban J connectivity index is 1.51. The van der Waals surface area contributed by atoms with E-state index in [0.29, 0.717) is 17.9 Å². The highest BCUT2D eigenvalue weighted by molar-refractivity contribution is 5.88. The van der Waals surface area contributed by atoms with Crippen LogP contribution in [0, 0.1) is 0 Å². The van der Waals surface area contributed by atoms with Crippen LogP contribution in [-0.2, 0) is 25.5 Å². The number of ether oxygens (including phenoxy) is 3. The number of esters is 3. The molecule has 0 bridgehead atoms. The van der Waals surface area contributed by atoms with Gasteiger partial charge >= 0.3 is 17.9 Å². The van der Waals surface area contributed by atoms with Gasteiger partial charge in [-0.25, -0.2) is 14.4 Å². The Morgan fingerprint density at radius 1 is 0.657 bits per heavy atom. The zero-order valence-corrected chi connectivity index (χ0v) is 19.0. The fraction of sp³-hybridized carbons (Fsp3) is 0.0690. The molecule has 0 unspecified atom stereocenters. The maximum absolute atomic E-state index is 12.2. The molecular weight excluding hydrogens is 444 g/mol. The average Bonchev–Trinajstić information content (AvgIpc) is 2.89. The van der Waals surface area contributed by atoms with Crippen LogP contribution < -0.4 is 9.47 Å². The Morgan fingerprint density at radius 2 is 1.17 bits per heavy atom. The summed E-state index contributed by atoms with van der Waals surface area (Å²) in [5.74, 6) is -0.602. The molecule has 0 aliphatic heterocycles. The monoisotopic (exact) mass is 468 g/mol. The van der Waals surface area contributed by atoms with Crippen molar-refractivity contribution in [2.45, 2.75) is 6.42 Å². The van der Waals surface area contributed by atoms with Gasteiger partial charge in [-0.3, -0.25) is 0 Å². The van der Waals surface area contributed by atoms with Crippen LogP contribution in [0.3, 0.4) is 0 Å². The summed E-state index contributed by atoms with van der Waals surface area (Å²) in [6.07, 6.45) is 5.85. The van der Waals surface area contributed by atoms with Crippen molar-refractivity contribution in [3.63, 3.8) is 0 Å². The van der Waals surface area contributed by atoms with Crippen molar-refractivity contribution >= 4 is 24.0 Å². The third kappa shape index (κ3) is 7.98. The van der Waals surface area contributed by atoms with Gasteiger partial charge in [0.05, 0.1) is 6.61 Å². The van der Waals surface area contributed by atoms with E-state index in [1.807, 2.05) is 48.5 Å². The average molecular weight is 469 g/mol. The molecule has 0 radical (unpaired) electrons. The van der Waals surface area contributed by atoms with Crippen molar-refractivity contribution in [3.05, 3.63) is 115 Å².